The van der Waals surface area contributed by atoms with E-state index in [4.69, 9.17) is 4.74 Å². The molecule has 26 heavy (non-hydrogen) atoms. The SMILES string of the molecule is CC[C@@H](C)NC(=O)c1ccc(NS(=O)(=O)c2ccc(OC)cc2F)cc1. The quantitative estimate of drug-likeness (QED) is 0.773. The fourth-order valence-corrected chi connectivity index (χ4v) is 3.25. The number of methoxy groups -OCH3 is 1. The van der Waals surface area contributed by atoms with Crippen molar-refractivity contribution in [2.24, 2.45) is 0 Å². The maximum Gasteiger partial charge on any atom is 0.264 e. The molecule has 0 aliphatic carbocycles. The first kappa shape index (κ1) is 19.7. The van der Waals surface area contributed by atoms with Gasteiger partial charge in [0, 0.05) is 23.4 Å². The first-order valence-electron chi connectivity index (χ1n) is 8.04. The Bertz CT molecular complexity index is 883. The summed E-state index contributed by atoms with van der Waals surface area (Å²) >= 11 is 0. The third-order valence-corrected chi connectivity index (χ3v) is 5.23. The van der Waals surface area contributed by atoms with Gasteiger partial charge in [0.25, 0.3) is 15.9 Å². The van der Waals surface area contributed by atoms with Gasteiger partial charge < -0.3 is 10.1 Å². The van der Waals surface area contributed by atoms with Crippen LogP contribution >= 0.6 is 0 Å². The van der Waals surface area contributed by atoms with E-state index < -0.39 is 20.7 Å². The molecule has 0 aliphatic heterocycles. The van der Waals surface area contributed by atoms with Crippen LogP contribution in [0.4, 0.5) is 10.1 Å². The fourth-order valence-electron chi connectivity index (χ4n) is 2.14. The van der Waals surface area contributed by atoms with E-state index in [0.29, 0.717) is 5.56 Å². The van der Waals surface area contributed by atoms with E-state index in [0.717, 1.165) is 18.6 Å². The van der Waals surface area contributed by atoms with Crippen molar-refractivity contribution in [3.05, 3.63) is 53.8 Å². The van der Waals surface area contributed by atoms with Crippen LogP contribution in [0.15, 0.2) is 47.4 Å². The fraction of sp³-hybridized carbons (Fsp3) is 0.278. The van der Waals surface area contributed by atoms with E-state index in [1.807, 2.05) is 13.8 Å². The number of hydrogen-bond acceptors (Lipinski definition) is 4. The van der Waals surface area contributed by atoms with Crippen molar-refractivity contribution in [1.29, 1.82) is 0 Å². The summed E-state index contributed by atoms with van der Waals surface area (Å²) in [5.74, 6) is -0.936. The molecule has 2 aromatic rings. The lowest BCUT2D eigenvalue weighted by atomic mass is 10.1. The molecule has 0 saturated heterocycles. The monoisotopic (exact) mass is 380 g/mol. The van der Waals surface area contributed by atoms with Crippen LogP contribution in [-0.2, 0) is 10.0 Å². The van der Waals surface area contributed by atoms with Crippen LogP contribution in [0, 0.1) is 5.82 Å². The van der Waals surface area contributed by atoms with Gasteiger partial charge in [-0.05, 0) is 49.7 Å². The third kappa shape index (κ3) is 4.72. The number of carbonyl (C=O) groups excluding carboxylic acids is 1. The number of amides is 1. The normalized spacial score (nSPS) is 12.3. The Morgan fingerprint density at radius 3 is 2.38 bits per heavy atom. The average molecular weight is 380 g/mol. The molecule has 2 N–H and O–H groups in total. The number of halogens is 1. The van der Waals surface area contributed by atoms with Crippen LogP contribution in [0.2, 0.25) is 0 Å². The predicted octanol–water partition coefficient (Wildman–Crippen LogP) is 3.16. The standard InChI is InChI=1S/C18H21FN2O4S/c1-4-12(2)20-18(22)13-5-7-14(8-6-13)21-26(23,24)17-10-9-15(25-3)11-16(17)19/h5-12,21H,4H2,1-3H3,(H,20,22)/t12-/m1/s1. The van der Waals surface area contributed by atoms with Crippen LogP contribution in [0.25, 0.3) is 0 Å². The topological polar surface area (TPSA) is 84.5 Å². The molecule has 0 saturated carbocycles. The molecule has 6 nitrogen and oxygen atoms in total. The first-order chi connectivity index (χ1) is 12.3. The molecule has 0 bridgehead atoms. The number of ether oxygens (including phenoxy) is 1. The molecule has 1 atom stereocenters. The molecular weight excluding hydrogens is 359 g/mol. The summed E-state index contributed by atoms with van der Waals surface area (Å²) in [6, 6.07) is 9.43. The van der Waals surface area contributed by atoms with Gasteiger partial charge in [-0.3, -0.25) is 9.52 Å². The Morgan fingerprint density at radius 2 is 1.85 bits per heavy atom. The Labute approximate surface area is 152 Å². The van der Waals surface area contributed by atoms with Crippen molar-refractivity contribution < 1.29 is 22.3 Å². The zero-order valence-electron chi connectivity index (χ0n) is 14.7. The molecule has 0 aliphatic rings. The number of carbonyl (C=O) groups is 1. The average Bonchev–Trinajstić information content (AvgIpc) is 2.61. The van der Waals surface area contributed by atoms with Crippen LogP contribution in [0.3, 0.4) is 0 Å². The van der Waals surface area contributed by atoms with E-state index >= 15 is 0 Å². The second-order valence-electron chi connectivity index (χ2n) is 5.76. The summed E-state index contributed by atoms with van der Waals surface area (Å²) in [5.41, 5.74) is 0.629. The van der Waals surface area contributed by atoms with Crippen LogP contribution in [0.5, 0.6) is 5.75 Å². The van der Waals surface area contributed by atoms with Crippen molar-refractivity contribution in [3.8, 4) is 5.75 Å². The third-order valence-electron chi connectivity index (χ3n) is 3.82. The lowest BCUT2D eigenvalue weighted by Crippen LogP contribution is -2.31. The van der Waals surface area contributed by atoms with Gasteiger partial charge in [0.15, 0.2) is 0 Å². The van der Waals surface area contributed by atoms with Crippen molar-refractivity contribution in [2.45, 2.75) is 31.2 Å². The van der Waals surface area contributed by atoms with Crippen LogP contribution in [-0.4, -0.2) is 27.5 Å². The van der Waals surface area contributed by atoms with Gasteiger partial charge in [0.2, 0.25) is 0 Å². The van der Waals surface area contributed by atoms with Crippen LogP contribution in [0.1, 0.15) is 30.6 Å². The van der Waals surface area contributed by atoms with Crippen molar-refractivity contribution in [1.82, 2.24) is 5.32 Å². The molecule has 2 rings (SSSR count). The molecule has 0 aromatic heterocycles. The summed E-state index contributed by atoms with van der Waals surface area (Å²) in [6.07, 6.45) is 0.803. The molecule has 0 fully saturated rings. The number of nitrogens with one attached hydrogen (secondary N) is 2. The molecule has 1 amide bonds. The van der Waals surface area contributed by atoms with E-state index in [1.165, 1.54) is 37.4 Å². The zero-order valence-corrected chi connectivity index (χ0v) is 15.6. The predicted molar refractivity (Wildman–Crippen MR) is 97.4 cm³/mol. The van der Waals surface area contributed by atoms with Gasteiger partial charge in [-0.25, -0.2) is 12.8 Å². The number of rotatable bonds is 7. The number of hydrogen-bond donors (Lipinski definition) is 2. The highest BCUT2D eigenvalue weighted by molar-refractivity contribution is 7.92. The largest absolute Gasteiger partial charge is 0.497 e. The first-order valence-corrected chi connectivity index (χ1v) is 9.52. The minimum Gasteiger partial charge on any atom is -0.497 e. The molecule has 2 aromatic carbocycles. The Hall–Kier alpha value is -2.61. The summed E-state index contributed by atoms with van der Waals surface area (Å²) in [6.45, 7) is 3.85. The van der Waals surface area contributed by atoms with Gasteiger partial charge in [0.1, 0.15) is 16.5 Å². The smallest absolute Gasteiger partial charge is 0.264 e. The lowest BCUT2D eigenvalue weighted by molar-refractivity contribution is 0.0939. The number of sulfonamides is 1. The number of anilines is 1. The zero-order chi connectivity index (χ0) is 19.3. The highest BCUT2D eigenvalue weighted by Crippen LogP contribution is 2.23. The minimum atomic E-state index is -4.11. The molecule has 0 spiro atoms. The number of benzene rings is 2. The van der Waals surface area contributed by atoms with Crippen molar-refractivity contribution >= 4 is 21.6 Å². The molecular formula is C18H21FN2O4S. The van der Waals surface area contributed by atoms with E-state index in [9.17, 15) is 17.6 Å². The summed E-state index contributed by atoms with van der Waals surface area (Å²) in [4.78, 5) is 11.5. The lowest BCUT2D eigenvalue weighted by Gasteiger charge is -2.12. The van der Waals surface area contributed by atoms with Crippen molar-refractivity contribution in [2.75, 3.05) is 11.8 Å². The van der Waals surface area contributed by atoms with Gasteiger partial charge in [-0.15, -0.1) is 0 Å². The molecule has 0 unspecified atom stereocenters. The van der Waals surface area contributed by atoms with Gasteiger partial charge in [-0.2, -0.15) is 0 Å². The van der Waals surface area contributed by atoms with Gasteiger partial charge in [-0.1, -0.05) is 6.92 Å². The molecule has 0 radical (unpaired) electrons. The maximum atomic E-state index is 14.0. The molecule has 0 heterocycles. The second-order valence-corrected chi connectivity index (χ2v) is 7.41. The van der Waals surface area contributed by atoms with E-state index in [-0.39, 0.29) is 23.4 Å². The summed E-state index contributed by atoms with van der Waals surface area (Å²) in [5, 5.41) is 2.82. The minimum absolute atomic E-state index is 0.0405. The Morgan fingerprint density at radius 1 is 1.19 bits per heavy atom. The van der Waals surface area contributed by atoms with Crippen LogP contribution < -0.4 is 14.8 Å². The van der Waals surface area contributed by atoms with Gasteiger partial charge in [0.05, 0.1) is 7.11 Å². The molecule has 8 heteroatoms. The maximum absolute atomic E-state index is 14.0. The summed E-state index contributed by atoms with van der Waals surface area (Å²) < 4.78 is 45.9. The summed E-state index contributed by atoms with van der Waals surface area (Å²) in [7, 11) is -2.74. The van der Waals surface area contributed by atoms with Gasteiger partial charge >= 0.3 is 0 Å². The Balaban J connectivity index is 2.16. The highest BCUT2D eigenvalue weighted by Gasteiger charge is 2.20. The highest BCUT2D eigenvalue weighted by atomic mass is 32.2. The molecule has 140 valence electrons. The second kappa shape index (κ2) is 8.18. The van der Waals surface area contributed by atoms with E-state index in [2.05, 4.69) is 10.0 Å². The van der Waals surface area contributed by atoms with Crippen molar-refractivity contribution in [3.63, 3.8) is 0 Å². The Kier molecular flexibility index (Phi) is 6.20. The van der Waals surface area contributed by atoms with E-state index in [1.54, 1.807) is 0 Å².